The molecule has 2 aromatic carbocycles. The van der Waals surface area contributed by atoms with Gasteiger partial charge in [-0.1, -0.05) is 59.8 Å². The maximum atomic E-state index is 13.5. The van der Waals surface area contributed by atoms with Crippen LogP contribution in [0, 0.1) is 6.92 Å². The van der Waals surface area contributed by atoms with Gasteiger partial charge in [-0.25, -0.2) is 4.98 Å². The van der Waals surface area contributed by atoms with Crippen molar-refractivity contribution in [3.05, 3.63) is 75.9 Å². The Labute approximate surface area is 169 Å². The lowest BCUT2D eigenvalue weighted by molar-refractivity contribution is -0.301. The van der Waals surface area contributed by atoms with E-state index < -0.39 is 5.97 Å². The molecule has 4 rings (SSSR count). The zero-order chi connectivity index (χ0) is 19.7. The Morgan fingerprint density at radius 2 is 1.86 bits per heavy atom. The van der Waals surface area contributed by atoms with E-state index >= 15 is 0 Å². The van der Waals surface area contributed by atoms with Gasteiger partial charge in [0.15, 0.2) is 5.16 Å². The molecule has 0 N–H and O–H groups in total. The van der Waals surface area contributed by atoms with Gasteiger partial charge in [-0.2, -0.15) is 0 Å². The normalized spacial score (nSPS) is 11.0. The third kappa shape index (κ3) is 3.46. The Morgan fingerprint density at radius 3 is 2.54 bits per heavy atom. The molecular weight excluding hydrogens is 392 g/mol. The maximum Gasteiger partial charge on any atom is 0.268 e. The Bertz CT molecular complexity index is 1210. The van der Waals surface area contributed by atoms with Gasteiger partial charge in [-0.15, -0.1) is 11.3 Å². The third-order valence-corrected chi connectivity index (χ3v) is 6.06. The lowest BCUT2D eigenvalue weighted by Gasteiger charge is -2.12. The van der Waals surface area contributed by atoms with Gasteiger partial charge in [0, 0.05) is 16.7 Å². The van der Waals surface area contributed by atoms with Crippen molar-refractivity contribution in [2.45, 2.75) is 12.1 Å². The van der Waals surface area contributed by atoms with Crippen LogP contribution in [-0.4, -0.2) is 21.3 Å². The average molecular weight is 407 g/mol. The average Bonchev–Trinajstić information content (AvgIpc) is 3.12. The van der Waals surface area contributed by atoms with Crippen molar-refractivity contribution < 1.29 is 9.90 Å². The largest absolute Gasteiger partial charge is 0.549 e. The van der Waals surface area contributed by atoms with Crippen molar-refractivity contribution in [3.8, 4) is 16.8 Å². The number of hydrogen-bond donors (Lipinski definition) is 0. The summed E-state index contributed by atoms with van der Waals surface area (Å²) in [4.78, 5) is 29.6. The number of rotatable bonds is 5. The van der Waals surface area contributed by atoms with Gasteiger partial charge in [0.05, 0.1) is 17.0 Å². The molecule has 0 radical (unpaired) electrons. The van der Waals surface area contributed by atoms with Crippen molar-refractivity contribution in [1.82, 2.24) is 9.55 Å². The summed E-state index contributed by atoms with van der Waals surface area (Å²) in [6.07, 6.45) is 0. The first kappa shape index (κ1) is 18.5. The fourth-order valence-corrected chi connectivity index (χ4v) is 4.66. The summed E-state index contributed by atoms with van der Waals surface area (Å²) in [6.45, 7) is 2.01. The van der Waals surface area contributed by atoms with Crippen LogP contribution in [0.1, 0.15) is 5.56 Å². The predicted octanol–water partition coefficient (Wildman–Crippen LogP) is 3.26. The Hall–Kier alpha value is -2.90. The zero-order valence-electron chi connectivity index (χ0n) is 14.9. The number of aliphatic carboxylic acids is 1. The first-order chi connectivity index (χ1) is 13.5. The molecule has 0 saturated heterocycles. The third-order valence-electron chi connectivity index (χ3n) is 4.27. The monoisotopic (exact) mass is 407 g/mol. The number of benzene rings is 2. The minimum Gasteiger partial charge on any atom is -0.549 e. The molecule has 0 aliphatic heterocycles. The molecule has 0 spiro atoms. The second kappa shape index (κ2) is 7.61. The number of carboxylic acid groups (broad SMARTS) is 1. The van der Waals surface area contributed by atoms with Crippen molar-refractivity contribution in [2.24, 2.45) is 0 Å². The highest BCUT2D eigenvalue weighted by Crippen LogP contribution is 2.33. The van der Waals surface area contributed by atoms with E-state index in [2.05, 4.69) is 4.98 Å². The maximum absolute atomic E-state index is 13.5. The number of aryl methyl sites for hydroxylation is 1. The number of fused-ring (bicyclic) bond motifs is 1. The summed E-state index contributed by atoms with van der Waals surface area (Å²) in [6, 6.07) is 17.1. The smallest absolute Gasteiger partial charge is 0.268 e. The van der Waals surface area contributed by atoms with Crippen molar-refractivity contribution in [2.75, 3.05) is 5.75 Å². The van der Waals surface area contributed by atoms with Gasteiger partial charge in [0.2, 0.25) is 0 Å². The Balaban J connectivity index is 1.97. The summed E-state index contributed by atoms with van der Waals surface area (Å²) < 4.78 is 1.47. The minimum absolute atomic E-state index is 0.214. The number of hydrogen-bond acceptors (Lipinski definition) is 6. The number of nitrogens with zero attached hydrogens (tertiary/aromatic N) is 2. The fraction of sp³-hybridized carbons (Fsp3) is 0.0952. The molecule has 0 aliphatic rings. The SMILES string of the molecule is Cc1ccc(-c2csc3nc(SCC(=O)[O-])n(-c4ccccc4)c(=O)c23)cc1. The number of para-hydroxylation sites is 1. The summed E-state index contributed by atoms with van der Waals surface area (Å²) in [5.41, 5.74) is 3.35. The van der Waals surface area contributed by atoms with E-state index in [-0.39, 0.29) is 11.3 Å². The molecule has 2 heterocycles. The number of thiophene rings is 1. The highest BCUT2D eigenvalue weighted by Gasteiger charge is 2.18. The van der Waals surface area contributed by atoms with Crippen LogP contribution in [0.5, 0.6) is 0 Å². The van der Waals surface area contributed by atoms with Crippen LogP contribution >= 0.6 is 23.1 Å². The zero-order valence-corrected chi connectivity index (χ0v) is 16.5. The van der Waals surface area contributed by atoms with E-state index in [0.29, 0.717) is 21.1 Å². The van der Waals surface area contributed by atoms with E-state index in [4.69, 9.17) is 0 Å². The molecule has 0 unspecified atom stereocenters. The van der Waals surface area contributed by atoms with Crippen LogP contribution in [0.15, 0.2) is 69.9 Å². The lowest BCUT2D eigenvalue weighted by Crippen LogP contribution is -2.26. The molecule has 0 fully saturated rings. The number of thioether (sulfide) groups is 1. The van der Waals surface area contributed by atoms with Crippen molar-refractivity contribution >= 4 is 39.3 Å². The summed E-state index contributed by atoms with van der Waals surface area (Å²) in [7, 11) is 0. The van der Waals surface area contributed by atoms with Crippen LogP contribution in [-0.2, 0) is 4.79 Å². The molecule has 0 amide bonds. The lowest BCUT2D eigenvalue weighted by atomic mass is 10.1. The standard InChI is InChI=1S/C21H16N2O3S2/c1-13-7-9-14(10-8-13)16-11-27-19-18(16)20(26)23(15-5-3-2-4-6-15)21(22-19)28-12-17(24)25/h2-11H,12H2,1H3,(H,24,25)/p-1. The molecule has 0 aliphatic carbocycles. The van der Waals surface area contributed by atoms with Crippen LogP contribution in [0.3, 0.4) is 0 Å². The minimum atomic E-state index is -1.20. The van der Waals surface area contributed by atoms with Gasteiger partial charge in [0.1, 0.15) is 4.83 Å². The van der Waals surface area contributed by atoms with E-state index in [9.17, 15) is 14.7 Å². The Kier molecular flexibility index (Phi) is 5.02. The van der Waals surface area contributed by atoms with Crippen LogP contribution < -0.4 is 10.7 Å². The van der Waals surface area contributed by atoms with Crippen molar-refractivity contribution in [1.29, 1.82) is 0 Å². The molecule has 0 atom stereocenters. The molecule has 140 valence electrons. The van der Waals surface area contributed by atoms with E-state index in [1.54, 1.807) is 12.1 Å². The Morgan fingerprint density at radius 1 is 1.14 bits per heavy atom. The number of carbonyl (C=O) groups is 1. The predicted molar refractivity (Wildman–Crippen MR) is 111 cm³/mol. The second-order valence-electron chi connectivity index (χ2n) is 6.23. The van der Waals surface area contributed by atoms with Gasteiger partial charge in [-0.3, -0.25) is 9.36 Å². The number of carbonyl (C=O) groups excluding carboxylic acids is 1. The molecule has 0 bridgehead atoms. The molecule has 28 heavy (non-hydrogen) atoms. The molecule has 5 nitrogen and oxygen atoms in total. The van der Waals surface area contributed by atoms with Crippen LogP contribution in [0.25, 0.3) is 27.0 Å². The quantitative estimate of drug-likeness (QED) is 0.375. The topological polar surface area (TPSA) is 75.0 Å². The van der Waals surface area contributed by atoms with Gasteiger partial charge < -0.3 is 9.90 Å². The number of carboxylic acids is 1. The van der Waals surface area contributed by atoms with E-state index in [0.717, 1.165) is 28.5 Å². The second-order valence-corrected chi connectivity index (χ2v) is 8.03. The van der Waals surface area contributed by atoms with Gasteiger partial charge in [-0.05, 0) is 24.6 Å². The van der Waals surface area contributed by atoms with Gasteiger partial charge >= 0.3 is 0 Å². The summed E-state index contributed by atoms with van der Waals surface area (Å²) >= 11 is 2.36. The van der Waals surface area contributed by atoms with E-state index in [1.807, 2.05) is 54.8 Å². The first-order valence-electron chi connectivity index (χ1n) is 8.54. The summed E-state index contributed by atoms with van der Waals surface area (Å²) in [5.74, 6) is -1.48. The molecule has 2 aromatic heterocycles. The van der Waals surface area contributed by atoms with Crippen LogP contribution in [0.2, 0.25) is 0 Å². The molecule has 0 saturated carbocycles. The van der Waals surface area contributed by atoms with Gasteiger partial charge in [0.25, 0.3) is 5.56 Å². The molecule has 7 heteroatoms. The summed E-state index contributed by atoms with van der Waals surface area (Å²) in [5, 5.41) is 13.7. The van der Waals surface area contributed by atoms with E-state index in [1.165, 1.54) is 15.9 Å². The fourth-order valence-electron chi connectivity index (χ4n) is 2.94. The molecule has 4 aromatic rings. The van der Waals surface area contributed by atoms with Crippen molar-refractivity contribution in [3.63, 3.8) is 0 Å². The number of aromatic nitrogens is 2. The first-order valence-corrected chi connectivity index (χ1v) is 10.4. The molecular formula is C21H15N2O3S2-. The highest BCUT2D eigenvalue weighted by atomic mass is 32.2. The van der Waals surface area contributed by atoms with Crippen LogP contribution in [0.4, 0.5) is 0 Å². The highest BCUT2D eigenvalue weighted by molar-refractivity contribution is 7.99.